The number of aromatic nitrogens is 1. The maximum Gasteiger partial charge on any atom is 0.303 e. The molecule has 19 heavy (non-hydrogen) atoms. The van der Waals surface area contributed by atoms with Gasteiger partial charge in [0.1, 0.15) is 0 Å². The van der Waals surface area contributed by atoms with Gasteiger partial charge in [-0.05, 0) is 38.3 Å². The summed E-state index contributed by atoms with van der Waals surface area (Å²) in [6.45, 7) is 4.87. The zero-order valence-corrected chi connectivity index (χ0v) is 11.2. The fourth-order valence-corrected chi connectivity index (χ4v) is 2.51. The van der Waals surface area contributed by atoms with Crippen molar-refractivity contribution in [3.05, 3.63) is 29.1 Å². The van der Waals surface area contributed by atoms with E-state index in [0.717, 1.165) is 17.8 Å². The number of aliphatic carboxylic acids is 1. The van der Waals surface area contributed by atoms with Gasteiger partial charge in [-0.3, -0.25) is 14.6 Å². The molecule has 1 saturated heterocycles. The lowest BCUT2D eigenvalue weighted by Gasteiger charge is -2.17. The molecule has 1 amide bonds. The number of nitrogens with zero attached hydrogens (tertiary/aromatic N) is 2. The van der Waals surface area contributed by atoms with Crippen molar-refractivity contribution in [3.63, 3.8) is 0 Å². The van der Waals surface area contributed by atoms with E-state index in [4.69, 9.17) is 5.11 Å². The van der Waals surface area contributed by atoms with Gasteiger partial charge in [0.05, 0.1) is 11.3 Å². The summed E-state index contributed by atoms with van der Waals surface area (Å²) in [5.41, 5.74) is 2.23. The first-order chi connectivity index (χ1) is 8.97. The summed E-state index contributed by atoms with van der Waals surface area (Å²) in [6.07, 6.45) is 0.894. The summed E-state index contributed by atoms with van der Waals surface area (Å²) in [4.78, 5) is 29.0. The van der Waals surface area contributed by atoms with Crippen LogP contribution in [0.4, 0.5) is 0 Å². The Morgan fingerprint density at radius 3 is 2.79 bits per heavy atom. The molecule has 0 bridgehead atoms. The molecule has 102 valence electrons. The van der Waals surface area contributed by atoms with Crippen LogP contribution in [0.15, 0.2) is 12.1 Å². The molecule has 0 aromatic carbocycles. The number of carbonyl (C=O) groups is 2. The van der Waals surface area contributed by atoms with Gasteiger partial charge < -0.3 is 10.0 Å². The van der Waals surface area contributed by atoms with Gasteiger partial charge in [-0.15, -0.1) is 0 Å². The van der Waals surface area contributed by atoms with Crippen LogP contribution in [0.3, 0.4) is 0 Å². The van der Waals surface area contributed by atoms with Gasteiger partial charge in [-0.2, -0.15) is 0 Å². The van der Waals surface area contributed by atoms with Crippen molar-refractivity contribution >= 4 is 11.9 Å². The zero-order chi connectivity index (χ0) is 14.0. The van der Waals surface area contributed by atoms with Crippen LogP contribution in [-0.2, 0) is 4.79 Å². The second-order valence-corrected chi connectivity index (χ2v) is 5.09. The van der Waals surface area contributed by atoms with E-state index in [-0.39, 0.29) is 18.2 Å². The van der Waals surface area contributed by atoms with Crippen molar-refractivity contribution in [3.8, 4) is 0 Å². The van der Waals surface area contributed by atoms with E-state index in [0.29, 0.717) is 18.7 Å². The van der Waals surface area contributed by atoms with Crippen LogP contribution in [0.1, 0.15) is 34.6 Å². The minimum Gasteiger partial charge on any atom is -0.481 e. The lowest BCUT2D eigenvalue weighted by Crippen LogP contribution is -2.29. The van der Waals surface area contributed by atoms with Crippen molar-refractivity contribution in [1.82, 2.24) is 9.88 Å². The number of amides is 1. The molecule has 1 N–H and O–H groups in total. The second kappa shape index (κ2) is 5.38. The van der Waals surface area contributed by atoms with E-state index >= 15 is 0 Å². The molecule has 2 heterocycles. The van der Waals surface area contributed by atoms with Crippen molar-refractivity contribution in [2.45, 2.75) is 26.7 Å². The highest BCUT2D eigenvalue weighted by molar-refractivity contribution is 5.95. The number of carbonyl (C=O) groups excluding carboxylic acids is 1. The molecule has 1 aromatic rings. The van der Waals surface area contributed by atoms with Crippen LogP contribution in [0.2, 0.25) is 0 Å². The van der Waals surface area contributed by atoms with Gasteiger partial charge in [0, 0.05) is 25.2 Å². The third kappa shape index (κ3) is 3.10. The van der Waals surface area contributed by atoms with Gasteiger partial charge in [0.25, 0.3) is 5.91 Å². The highest BCUT2D eigenvalue weighted by Gasteiger charge is 2.29. The van der Waals surface area contributed by atoms with Crippen LogP contribution in [0.5, 0.6) is 0 Å². The SMILES string of the molecule is Cc1ccc(C(=O)N2CCC(CC(=O)O)C2)c(C)n1. The monoisotopic (exact) mass is 262 g/mol. The van der Waals surface area contributed by atoms with Gasteiger partial charge in [0.15, 0.2) is 0 Å². The Kier molecular flexibility index (Phi) is 3.83. The average Bonchev–Trinajstić information content (AvgIpc) is 2.75. The highest BCUT2D eigenvalue weighted by atomic mass is 16.4. The quantitative estimate of drug-likeness (QED) is 0.898. The largest absolute Gasteiger partial charge is 0.481 e. The van der Waals surface area contributed by atoms with Gasteiger partial charge in [-0.1, -0.05) is 0 Å². The first kappa shape index (κ1) is 13.5. The lowest BCUT2D eigenvalue weighted by molar-refractivity contribution is -0.138. The normalized spacial score (nSPS) is 18.6. The molecular formula is C14H18N2O3. The predicted octanol–water partition coefficient (Wildman–Crippen LogP) is 1.64. The number of likely N-dealkylation sites (tertiary alicyclic amines) is 1. The molecule has 1 aliphatic heterocycles. The zero-order valence-electron chi connectivity index (χ0n) is 11.2. The molecule has 0 spiro atoms. The minimum atomic E-state index is -0.799. The second-order valence-electron chi connectivity index (χ2n) is 5.09. The summed E-state index contributed by atoms with van der Waals surface area (Å²) >= 11 is 0. The molecule has 1 unspecified atom stereocenters. The number of hydrogen-bond acceptors (Lipinski definition) is 3. The van der Waals surface area contributed by atoms with Crippen molar-refractivity contribution in [1.29, 1.82) is 0 Å². The number of hydrogen-bond donors (Lipinski definition) is 1. The molecule has 5 heteroatoms. The molecule has 1 aromatic heterocycles. The molecule has 2 rings (SSSR count). The van der Waals surface area contributed by atoms with E-state index in [1.165, 1.54) is 0 Å². The van der Waals surface area contributed by atoms with Gasteiger partial charge in [0.2, 0.25) is 0 Å². The Bertz CT molecular complexity index is 513. The topological polar surface area (TPSA) is 70.5 Å². The van der Waals surface area contributed by atoms with E-state index < -0.39 is 5.97 Å². The first-order valence-corrected chi connectivity index (χ1v) is 6.42. The molecule has 0 aliphatic carbocycles. The minimum absolute atomic E-state index is 0.0436. The van der Waals surface area contributed by atoms with E-state index in [9.17, 15) is 9.59 Å². The molecule has 1 fully saturated rings. The standard InChI is InChI=1S/C14H18N2O3/c1-9-3-4-12(10(2)15-9)14(19)16-6-5-11(8-16)7-13(17)18/h3-4,11H,5-8H2,1-2H3,(H,17,18). The van der Waals surface area contributed by atoms with E-state index in [2.05, 4.69) is 4.98 Å². The fraction of sp³-hybridized carbons (Fsp3) is 0.500. The molecule has 1 atom stereocenters. The van der Waals surface area contributed by atoms with Crippen LogP contribution in [0, 0.1) is 19.8 Å². The maximum absolute atomic E-state index is 12.3. The number of carboxylic acid groups (broad SMARTS) is 1. The molecular weight excluding hydrogens is 244 g/mol. The number of carboxylic acids is 1. The van der Waals surface area contributed by atoms with E-state index in [1.807, 2.05) is 19.9 Å². The molecule has 0 radical (unpaired) electrons. The van der Waals surface area contributed by atoms with E-state index in [1.54, 1.807) is 11.0 Å². The molecule has 1 aliphatic rings. The predicted molar refractivity (Wildman–Crippen MR) is 70.0 cm³/mol. The maximum atomic E-state index is 12.3. The summed E-state index contributed by atoms with van der Waals surface area (Å²) in [7, 11) is 0. The Morgan fingerprint density at radius 2 is 2.16 bits per heavy atom. The number of aryl methyl sites for hydroxylation is 2. The Labute approximate surface area is 112 Å². The Balaban J connectivity index is 2.07. The van der Waals surface area contributed by atoms with Gasteiger partial charge in [-0.25, -0.2) is 0 Å². The highest BCUT2D eigenvalue weighted by Crippen LogP contribution is 2.22. The van der Waals surface area contributed by atoms with Gasteiger partial charge >= 0.3 is 5.97 Å². The van der Waals surface area contributed by atoms with Crippen molar-refractivity contribution in [2.75, 3.05) is 13.1 Å². The Morgan fingerprint density at radius 1 is 1.42 bits per heavy atom. The average molecular weight is 262 g/mol. The van der Waals surface area contributed by atoms with Crippen LogP contribution >= 0.6 is 0 Å². The molecule has 5 nitrogen and oxygen atoms in total. The summed E-state index contributed by atoms with van der Waals surface area (Å²) in [5, 5.41) is 8.78. The third-order valence-corrected chi connectivity index (χ3v) is 3.49. The summed E-state index contributed by atoms with van der Waals surface area (Å²) < 4.78 is 0. The van der Waals surface area contributed by atoms with Crippen molar-refractivity contribution < 1.29 is 14.7 Å². The fourth-order valence-electron chi connectivity index (χ4n) is 2.51. The van der Waals surface area contributed by atoms with Crippen LogP contribution in [0.25, 0.3) is 0 Å². The smallest absolute Gasteiger partial charge is 0.303 e. The summed E-state index contributed by atoms with van der Waals surface area (Å²) in [6, 6.07) is 3.62. The van der Waals surface area contributed by atoms with Crippen LogP contribution < -0.4 is 0 Å². The van der Waals surface area contributed by atoms with Crippen molar-refractivity contribution in [2.24, 2.45) is 5.92 Å². The molecule has 0 saturated carbocycles. The lowest BCUT2D eigenvalue weighted by atomic mass is 10.1. The van der Waals surface area contributed by atoms with Crippen LogP contribution in [-0.4, -0.2) is 40.0 Å². The third-order valence-electron chi connectivity index (χ3n) is 3.49. The first-order valence-electron chi connectivity index (χ1n) is 6.42. The Hall–Kier alpha value is -1.91. The summed E-state index contributed by atoms with van der Waals surface area (Å²) in [5.74, 6) is -0.773. The number of rotatable bonds is 3. The number of pyridine rings is 1.